The molecule has 20 heavy (non-hydrogen) atoms. The summed E-state index contributed by atoms with van der Waals surface area (Å²) >= 11 is 0. The molecule has 2 aromatic rings. The van der Waals surface area contributed by atoms with E-state index in [1.54, 1.807) is 0 Å². The predicted molar refractivity (Wildman–Crippen MR) is 82.1 cm³/mol. The second-order valence-electron chi connectivity index (χ2n) is 5.66. The van der Waals surface area contributed by atoms with Gasteiger partial charge in [-0.15, -0.1) is 0 Å². The molecule has 5 heteroatoms. The van der Waals surface area contributed by atoms with Crippen LogP contribution in [-0.2, 0) is 16.6 Å². The van der Waals surface area contributed by atoms with Crippen molar-refractivity contribution in [2.75, 3.05) is 0 Å². The first-order chi connectivity index (χ1) is 9.32. The summed E-state index contributed by atoms with van der Waals surface area (Å²) in [7, 11) is -3.70. The average molecular weight is 294 g/mol. The van der Waals surface area contributed by atoms with Crippen LogP contribution in [0.25, 0.3) is 10.9 Å². The molecule has 0 aliphatic rings. The van der Waals surface area contributed by atoms with Gasteiger partial charge < -0.3 is 4.57 Å². The van der Waals surface area contributed by atoms with E-state index in [2.05, 4.69) is 18.4 Å². The Morgan fingerprint density at radius 1 is 1.25 bits per heavy atom. The Balaban J connectivity index is 2.52. The zero-order chi connectivity index (χ0) is 14.9. The van der Waals surface area contributed by atoms with Gasteiger partial charge in [0.25, 0.3) is 0 Å². The monoisotopic (exact) mass is 294 g/mol. The number of aromatic nitrogens is 1. The van der Waals surface area contributed by atoms with Crippen LogP contribution in [0, 0.1) is 12.8 Å². The highest BCUT2D eigenvalue weighted by Gasteiger charge is 2.21. The Kier molecular flexibility index (Phi) is 4.20. The van der Waals surface area contributed by atoms with E-state index in [9.17, 15) is 8.42 Å². The molecule has 0 atom stereocenters. The van der Waals surface area contributed by atoms with Crippen LogP contribution in [0.3, 0.4) is 0 Å². The fourth-order valence-electron chi connectivity index (χ4n) is 2.70. The lowest BCUT2D eigenvalue weighted by atomic mass is 10.1. The minimum absolute atomic E-state index is 0.262. The molecule has 0 fully saturated rings. The van der Waals surface area contributed by atoms with E-state index in [1.807, 2.05) is 31.2 Å². The number of nitrogens with zero attached hydrogens (tertiary/aromatic N) is 1. The Bertz CT molecular complexity index is 715. The van der Waals surface area contributed by atoms with Gasteiger partial charge in [-0.05, 0) is 31.7 Å². The fourth-order valence-corrected chi connectivity index (χ4v) is 3.71. The van der Waals surface area contributed by atoms with Crippen LogP contribution in [0.5, 0.6) is 0 Å². The van der Waals surface area contributed by atoms with Crippen LogP contribution in [-0.4, -0.2) is 13.0 Å². The molecule has 2 N–H and O–H groups in total. The molecule has 0 saturated carbocycles. The minimum atomic E-state index is -3.70. The third-order valence-electron chi connectivity index (χ3n) is 3.62. The Hall–Kier alpha value is -1.33. The number of sulfonamides is 1. The second kappa shape index (κ2) is 5.58. The molecule has 0 spiro atoms. The fraction of sp³-hybridized carbons (Fsp3) is 0.467. The van der Waals surface area contributed by atoms with E-state index in [0.29, 0.717) is 5.92 Å². The highest BCUT2D eigenvalue weighted by Crippen LogP contribution is 2.29. The summed E-state index contributed by atoms with van der Waals surface area (Å²) in [4.78, 5) is 0.262. The summed E-state index contributed by atoms with van der Waals surface area (Å²) in [6.07, 6.45) is 2.15. The lowest BCUT2D eigenvalue weighted by Crippen LogP contribution is -2.14. The number of nitrogens with two attached hydrogens (primary N) is 1. The van der Waals surface area contributed by atoms with Gasteiger partial charge in [0.2, 0.25) is 10.0 Å². The highest BCUT2D eigenvalue weighted by molar-refractivity contribution is 7.89. The summed E-state index contributed by atoms with van der Waals surface area (Å²) in [5, 5.41) is 6.09. The number of primary sulfonamides is 1. The topological polar surface area (TPSA) is 65.1 Å². The van der Waals surface area contributed by atoms with Crippen LogP contribution in [0.1, 0.15) is 32.4 Å². The van der Waals surface area contributed by atoms with Crippen LogP contribution in [0.2, 0.25) is 0 Å². The summed E-state index contributed by atoms with van der Waals surface area (Å²) < 4.78 is 25.7. The summed E-state index contributed by atoms with van der Waals surface area (Å²) in [5.41, 5.74) is 1.68. The van der Waals surface area contributed by atoms with Crippen molar-refractivity contribution in [3.63, 3.8) is 0 Å². The molecule has 1 heterocycles. The SMILES string of the molecule is Cc1c(S(N)(=O)=O)c2ccccc2n1CCCC(C)C. The maximum atomic E-state index is 11.8. The molecule has 0 bridgehead atoms. The van der Waals surface area contributed by atoms with Crippen molar-refractivity contribution in [1.82, 2.24) is 4.57 Å². The van der Waals surface area contributed by atoms with E-state index >= 15 is 0 Å². The quantitative estimate of drug-likeness (QED) is 0.921. The van der Waals surface area contributed by atoms with Crippen molar-refractivity contribution in [3.8, 4) is 0 Å². The summed E-state index contributed by atoms with van der Waals surface area (Å²) in [6, 6.07) is 7.54. The zero-order valence-electron chi connectivity index (χ0n) is 12.3. The van der Waals surface area contributed by atoms with E-state index in [1.165, 1.54) is 0 Å². The van der Waals surface area contributed by atoms with E-state index < -0.39 is 10.0 Å². The van der Waals surface area contributed by atoms with Crippen molar-refractivity contribution in [3.05, 3.63) is 30.0 Å². The van der Waals surface area contributed by atoms with Gasteiger partial charge in [0, 0.05) is 23.1 Å². The number of hydrogen-bond acceptors (Lipinski definition) is 2. The Morgan fingerprint density at radius 2 is 1.90 bits per heavy atom. The first kappa shape index (κ1) is 15.1. The van der Waals surface area contributed by atoms with Crippen molar-refractivity contribution >= 4 is 20.9 Å². The molecule has 0 amide bonds. The molecule has 1 aromatic heterocycles. The lowest BCUT2D eigenvalue weighted by Gasteiger charge is -2.09. The van der Waals surface area contributed by atoms with Gasteiger partial charge in [-0.25, -0.2) is 13.6 Å². The Morgan fingerprint density at radius 3 is 2.50 bits per heavy atom. The molecule has 2 rings (SSSR count). The Labute approximate surface area is 120 Å². The van der Waals surface area contributed by atoms with Gasteiger partial charge in [0.05, 0.1) is 0 Å². The molecule has 4 nitrogen and oxygen atoms in total. The molecule has 0 saturated heterocycles. The third-order valence-corrected chi connectivity index (χ3v) is 4.71. The number of hydrogen-bond donors (Lipinski definition) is 1. The van der Waals surface area contributed by atoms with Gasteiger partial charge in [-0.1, -0.05) is 32.0 Å². The summed E-state index contributed by atoms with van der Waals surface area (Å²) in [5.74, 6) is 0.648. The van der Waals surface area contributed by atoms with Gasteiger partial charge in [0.1, 0.15) is 4.90 Å². The maximum Gasteiger partial charge on any atom is 0.240 e. The minimum Gasteiger partial charge on any atom is -0.343 e. The van der Waals surface area contributed by atoms with Crippen molar-refractivity contribution < 1.29 is 8.42 Å². The molecule has 110 valence electrons. The number of rotatable bonds is 5. The van der Waals surface area contributed by atoms with E-state index in [0.717, 1.165) is 36.0 Å². The van der Waals surface area contributed by atoms with Gasteiger partial charge in [-0.3, -0.25) is 0 Å². The molecule has 0 radical (unpaired) electrons. The molecular formula is C15H22N2O2S. The first-order valence-electron chi connectivity index (χ1n) is 6.93. The molecule has 1 aromatic carbocycles. The largest absolute Gasteiger partial charge is 0.343 e. The molecular weight excluding hydrogens is 272 g/mol. The van der Waals surface area contributed by atoms with Crippen LogP contribution in [0.15, 0.2) is 29.2 Å². The number of para-hydroxylation sites is 1. The van der Waals surface area contributed by atoms with Gasteiger partial charge >= 0.3 is 0 Å². The van der Waals surface area contributed by atoms with Crippen molar-refractivity contribution in [1.29, 1.82) is 0 Å². The van der Waals surface area contributed by atoms with Crippen LogP contribution in [0.4, 0.5) is 0 Å². The van der Waals surface area contributed by atoms with Crippen molar-refractivity contribution in [2.24, 2.45) is 11.1 Å². The number of aryl methyl sites for hydroxylation is 1. The van der Waals surface area contributed by atoms with Crippen LogP contribution < -0.4 is 5.14 Å². The van der Waals surface area contributed by atoms with Gasteiger partial charge in [-0.2, -0.15) is 0 Å². The molecule has 0 aliphatic heterocycles. The molecule has 0 aliphatic carbocycles. The summed E-state index contributed by atoms with van der Waals surface area (Å²) in [6.45, 7) is 7.03. The number of fused-ring (bicyclic) bond motifs is 1. The average Bonchev–Trinajstić information content (AvgIpc) is 2.61. The smallest absolute Gasteiger partial charge is 0.240 e. The third kappa shape index (κ3) is 2.88. The predicted octanol–water partition coefficient (Wildman–Crippen LogP) is 3.03. The second-order valence-corrected chi connectivity index (χ2v) is 7.16. The maximum absolute atomic E-state index is 11.8. The zero-order valence-corrected chi connectivity index (χ0v) is 13.1. The van der Waals surface area contributed by atoms with E-state index in [4.69, 9.17) is 5.14 Å². The van der Waals surface area contributed by atoms with E-state index in [-0.39, 0.29) is 4.90 Å². The van der Waals surface area contributed by atoms with Crippen molar-refractivity contribution in [2.45, 2.75) is 45.1 Å². The van der Waals surface area contributed by atoms with Gasteiger partial charge in [0.15, 0.2) is 0 Å². The normalized spacial score (nSPS) is 12.4. The first-order valence-corrected chi connectivity index (χ1v) is 8.47. The van der Waals surface area contributed by atoms with Crippen LogP contribution >= 0.6 is 0 Å². The molecule has 0 unspecified atom stereocenters. The number of benzene rings is 1. The highest BCUT2D eigenvalue weighted by atomic mass is 32.2. The lowest BCUT2D eigenvalue weighted by molar-refractivity contribution is 0.513. The standard InChI is InChI=1S/C15H22N2O2S/c1-11(2)7-6-10-17-12(3)15(20(16,18)19)13-8-4-5-9-14(13)17/h4-5,8-9,11H,6-7,10H2,1-3H3,(H2,16,18,19).